The van der Waals surface area contributed by atoms with E-state index in [0.717, 1.165) is 30.6 Å². The zero-order valence-electron chi connectivity index (χ0n) is 14.3. The van der Waals surface area contributed by atoms with Crippen molar-refractivity contribution in [3.8, 4) is 0 Å². The molecule has 0 spiro atoms. The predicted octanol–water partition coefficient (Wildman–Crippen LogP) is 4.65. The maximum absolute atomic E-state index is 13.8. The van der Waals surface area contributed by atoms with Gasteiger partial charge in [-0.2, -0.15) is 0 Å². The number of amides is 1. The highest BCUT2D eigenvalue weighted by molar-refractivity contribution is 6.30. The van der Waals surface area contributed by atoms with Crippen molar-refractivity contribution >= 4 is 23.2 Å². The number of piperidine rings is 1. The first-order chi connectivity index (χ1) is 12.0. The van der Waals surface area contributed by atoms with Crippen LogP contribution in [-0.2, 0) is 6.54 Å². The summed E-state index contributed by atoms with van der Waals surface area (Å²) < 4.78 is 13.8. The molecule has 0 bridgehead atoms. The SMILES string of the molecule is CC1CCCN(c2ccc(CNC(=O)c3ccc(Cl)cc3F)cc2)C1. The monoisotopic (exact) mass is 360 g/mol. The molecule has 5 heteroatoms. The van der Waals surface area contributed by atoms with Crippen molar-refractivity contribution in [2.24, 2.45) is 5.92 Å². The summed E-state index contributed by atoms with van der Waals surface area (Å²) in [6.07, 6.45) is 2.52. The Bertz CT molecular complexity index is 748. The van der Waals surface area contributed by atoms with E-state index in [2.05, 4.69) is 29.3 Å². The highest BCUT2D eigenvalue weighted by Crippen LogP contribution is 2.23. The molecule has 132 valence electrons. The molecule has 1 atom stereocenters. The molecule has 1 heterocycles. The summed E-state index contributed by atoms with van der Waals surface area (Å²) in [5, 5.41) is 3.02. The zero-order chi connectivity index (χ0) is 17.8. The first-order valence-electron chi connectivity index (χ1n) is 8.60. The van der Waals surface area contributed by atoms with E-state index >= 15 is 0 Å². The van der Waals surface area contributed by atoms with Crippen molar-refractivity contribution in [2.45, 2.75) is 26.3 Å². The van der Waals surface area contributed by atoms with E-state index in [1.54, 1.807) is 0 Å². The summed E-state index contributed by atoms with van der Waals surface area (Å²) >= 11 is 5.71. The van der Waals surface area contributed by atoms with Gasteiger partial charge < -0.3 is 10.2 Å². The minimum absolute atomic E-state index is 0.00308. The lowest BCUT2D eigenvalue weighted by Gasteiger charge is -2.32. The number of nitrogens with one attached hydrogen (secondary N) is 1. The fraction of sp³-hybridized carbons (Fsp3) is 0.350. The summed E-state index contributed by atoms with van der Waals surface area (Å²) in [4.78, 5) is 14.5. The quantitative estimate of drug-likeness (QED) is 0.861. The van der Waals surface area contributed by atoms with Crippen LogP contribution in [0, 0.1) is 11.7 Å². The van der Waals surface area contributed by atoms with Crippen LogP contribution in [0.1, 0.15) is 35.7 Å². The topological polar surface area (TPSA) is 32.3 Å². The third-order valence-electron chi connectivity index (χ3n) is 4.59. The van der Waals surface area contributed by atoms with Crippen LogP contribution in [-0.4, -0.2) is 19.0 Å². The average molecular weight is 361 g/mol. The lowest BCUT2D eigenvalue weighted by atomic mass is 9.99. The molecule has 1 saturated heterocycles. The van der Waals surface area contributed by atoms with Gasteiger partial charge in [0.25, 0.3) is 5.91 Å². The Morgan fingerprint density at radius 3 is 2.72 bits per heavy atom. The van der Waals surface area contributed by atoms with E-state index in [1.165, 1.54) is 30.7 Å². The van der Waals surface area contributed by atoms with Gasteiger partial charge in [-0.05, 0) is 54.7 Å². The Hall–Kier alpha value is -2.07. The molecule has 25 heavy (non-hydrogen) atoms. The molecule has 1 unspecified atom stereocenters. The predicted molar refractivity (Wildman–Crippen MR) is 99.6 cm³/mol. The van der Waals surface area contributed by atoms with Crippen molar-refractivity contribution in [3.63, 3.8) is 0 Å². The summed E-state index contributed by atoms with van der Waals surface area (Å²) in [6.45, 7) is 4.83. The third-order valence-corrected chi connectivity index (χ3v) is 4.82. The Kier molecular flexibility index (Phi) is 5.59. The number of hydrogen-bond donors (Lipinski definition) is 1. The van der Waals surface area contributed by atoms with Gasteiger partial charge in [0.1, 0.15) is 5.82 Å². The molecule has 2 aromatic rings. The number of halogens is 2. The molecule has 1 fully saturated rings. The smallest absolute Gasteiger partial charge is 0.254 e. The Balaban J connectivity index is 1.59. The molecule has 1 N–H and O–H groups in total. The van der Waals surface area contributed by atoms with Crippen molar-refractivity contribution < 1.29 is 9.18 Å². The molecule has 3 rings (SSSR count). The van der Waals surface area contributed by atoms with Gasteiger partial charge in [-0.25, -0.2) is 4.39 Å². The van der Waals surface area contributed by atoms with Crippen LogP contribution in [0.25, 0.3) is 0 Å². The highest BCUT2D eigenvalue weighted by atomic mass is 35.5. The normalized spacial score (nSPS) is 17.4. The van der Waals surface area contributed by atoms with E-state index in [4.69, 9.17) is 11.6 Å². The fourth-order valence-electron chi connectivity index (χ4n) is 3.20. The van der Waals surface area contributed by atoms with E-state index < -0.39 is 11.7 Å². The standard InChI is InChI=1S/C20H22ClFN2O/c1-14-3-2-10-24(13-14)17-7-4-15(5-8-17)12-23-20(25)18-9-6-16(21)11-19(18)22/h4-9,11,14H,2-3,10,12-13H2,1H3,(H,23,25). The molecular formula is C20H22ClFN2O. The molecule has 1 aliphatic heterocycles. The molecule has 1 amide bonds. The van der Waals surface area contributed by atoms with Gasteiger partial charge in [-0.15, -0.1) is 0 Å². The second-order valence-electron chi connectivity index (χ2n) is 6.67. The van der Waals surface area contributed by atoms with Crippen molar-refractivity contribution in [1.82, 2.24) is 5.32 Å². The molecule has 1 aliphatic rings. The molecule has 3 nitrogen and oxygen atoms in total. The maximum atomic E-state index is 13.8. The minimum Gasteiger partial charge on any atom is -0.371 e. The summed E-state index contributed by atoms with van der Waals surface area (Å²) in [5.74, 6) is -0.329. The van der Waals surface area contributed by atoms with Gasteiger partial charge in [-0.1, -0.05) is 30.7 Å². The number of carbonyl (C=O) groups excluding carboxylic acids is 1. The van der Waals surface area contributed by atoms with Crippen LogP contribution >= 0.6 is 11.6 Å². The number of anilines is 1. The van der Waals surface area contributed by atoms with Crippen LogP contribution in [0.2, 0.25) is 5.02 Å². The Labute approximate surface area is 152 Å². The fourth-order valence-corrected chi connectivity index (χ4v) is 3.36. The number of rotatable bonds is 4. The average Bonchev–Trinajstić information content (AvgIpc) is 2.60. The van der Waals surface area contributed by atoms with E-state index in [1.807, 2.05) is 12.1 Å². The molecule has 0 aromatic heterocycles. The van der Waals surface area contributed by atoms with Crippen molar-refractivity contribution in [1.29, 1.82) is 0 Å². The molecule has 0 aliphatic carbocycles. The second-order valence-corrected chi connectivity index (χ2v) is 7.10. The highest BCUT2D eigenvalue weighted by Gasteiger charge is 2.16. The van der Waals surface area contributed by atoms with Crippen molar-refractivity contribution in [2.75, 3.05) is 18.0 Å². The largest absolute Gasteiger partial charge is 0.371 e. The Morgan fingerprint density at radius 1 is 1.28 bits per heavy atom. The van der Waals surface area contributed by atoms with Gasteiger partial charge in [0.15, 0.2) is 0 Å². The first-order valence-corrected chi connectivity index (χ1v) is 8.98. The Morgan fingerprint density at radius 2 is 2.04 bits per heavy atom. The number of benzene rings is 2. The first kappa shape index (κ1) is 17.7. The summed E-state index contributed by atoms with van der Waals surface area (Å²) in [6, 6.07) is 12.2. The van der Waals surface area contributed by atoms with Crippen LogP contribution in [0.5, 0.6) is 0 Å². The van der Waals surface area contributed by atoms with E-state index in [-0.39, 0.29) is 10.6 Å². The molecular weight excluding hydrogens is 339 g/mol. The summed E-state index contributed by atoms with van der Waals surface area (Å²) in [7, 11) is 0. The molecule has 0 radical (unpaired) electrons. The minimum atomic E-state index is -0.612. The lowest BCUT2D eigenvalue weighted by molar-refractivity contribution is 0.0947. The van der Waals surface area contributed by atoms with E-state index in [0.29, 0.717) is 6.54 Å². The number of hydrogen-bond acceptors (Lipinski definition) is 2. The molecule has 0 saturated carbocycles. The van der Waals surface area contributed by atoms with Gasteiger partial charge in [0, 0.05) is 30.3 Å². The number of nitrogens with zero attached hydrogens (tertiary/aromatic N) is 1. The van der Waals surface area contributed by atoms with Gasteiger partial charge >= 0.3 is 0 Å². The lowest BCUT2D eigenvalue weighted by Crippen LogP contribution is -2.34. The molecule has 2 aromatic carbocycles. The van der Waals surface area contributed by atoms with Crippen LogP contribution < -0.4 is 10.2 Å². The third kappa shape index (κ3) is 4.51. The van der Waals surface area contributed by atoms with Crippen LogP contribution in [0.15, 0.2) is 42.5 Å². The zero-order valence-corrected chi connectivity index (χ0v) is 15.0. The second kappa shape index (κ2) is 7.87. The van der Waals surface area contributed by atoms with E-state index in [9.17, 15) is 9.18 Å². The van der Waals surface area contributed by atoms with Crippen LogP contribution in [0.3, 0.4) is 0 Å². The number of carbonyl (C=O) groups is 1. The summed E-state index contributed by atoms with van der Waals surface area (Å²) in [5.41, 5.74) is 2.20. The van der Waals surface area contributed by atoms with Crippen LogP contribution in [0.4, 0.5) is 10.1 Å². The van der Waals surface area contributed by atoms with Gasteiger partial charge in [-0.3, -0.25) is 4.79 Å². The van der Waals surface area contributed by atoms with Crippen molar-refractivity contribution in [3.05, 3.63) is 64.4 Å². The maximum Gasteiger partial charge on any atom is 0.254 e. The van der Waals surface area contributed by atoms with Gasteiger partial charge in [0.05, 0.1) is 5.56 Å². The van der Waals surface area contributed by atoms with Gasteiger partial charge in [0.2, 0.25) is 0 Å².